The van der Waals surface area contributed by atoms with Crippen LogP contribution < -0.4 is 10.5 Å². The van der Waals surface area contributed by atoms with E-state index in [2.05, 4.69) is 18.6 Å². The van der Waals surface area contributed by atoms with Crippen LogP contribution in [0, 0.1) is 11.8 Å². The Morgan fingerprint density at radius 2 is 2.16 bits per heavy atom. The molecule has 3 N–H and O–H groups in total. The van der Waals surface area contributed by atoms with E-state index in [9.17, 15) is 8.42 Å². The van der Waals surface area contributed by atoms with Gasteiger partial charge in [-0.3, -0.25) is 0 Å². The number of hydrogen-bond donors (Lipinski definition) is 2. The molecule has 0 aromatic heterocycles. The first-order chi connectivity index (χ1) is 8.99. The zero-order valence-corrected chi connectivity index (χ0v) is 13.1. The first-order valence-electron chi connectivity index (χ1n) is 7.44. The number of nitrogens with two attached hydrogens (primary N) is 1. The standard InChI is InChI=1S/C13H29N3O2S/c1-3-5-13(7-8-14)10-15-19(17,18)16-9-4-6-12(2)11-16/h12-13,15H,3-11,14H2,1-2H3. The van der Waals surface area contributed by atoms with Crippen LogP contribution in [0.15, 0.2) is 0 Å². The third kappa shape index (κ3) is 5.77. The minimum Gasteiger partial charge on any atom is -0.330 e. The molecule has 19 heavy (non-hydrogen) atoms. The summed E-state index contributed by atoms with van der Waals surface area (Å²) in [5.41, 5.74) is 5.57. The van der Waals surface area contributed by atoms with E-state index in [1.165, 1.54) is 0 Å². The summed E-state index contributed by atoms with van der Waals surface area (Å²) in [6.07, 6.45) is 5.05. The molecule has 1 saturated heterocycles. The summed E-state index contributed by atoms with van der Waals surface area (Å²) in [6.45, 7) is 6.64. The molecule has 1 heterocycles. The quantitative estimate of drug-likeness (QED) is 0.708. The van der Waals surface area contributed by atoms with E-state index < -0.39 is 10.2 Å². The van der Waals surface area contributed by atoms with Crippen molar-refractivity contribution >= 4 is 10.2 Å². The molecule has 5 nitrogen and oxygen atoms in total. The van der Waals surface area contributed by atoms with Gasteiger partial charge in [-0.05, 0) is 44.1 Å². The molecule has 0 saturated carbocycles. The van der Waals surface area contributed by atoms with Crippen molar-refractivity contribution in [2.24, 2.45) is 17.6 Å². The van der Waals surface area contributed by atoms with Crippen LogP contribution in [0.1, 0.15) is 46.0 Å². The van der Waals surface area contributed by atoms with Crippen molar-refractivity contribution in [2.45, 2.75) is 46.0 Å². The van der Waals surface area contributed by atoms with Crippen molar-refractivity contribution in [1.82, 2.24) is 9.03 Å². The van der Waals surface area contributed by atoms with Gasteiger partial charge < -0.3 is 5.73 Å². The highest BCUT2D eigenvalue weighted by molar-refractivity contribution is 7.87. The maximum absolute atomic E-state index is 12.2. The van der Waals surface area contributed by atoms with Gasteiger partial charge in [-0.2, -0.15) is 12.7 Å². The normalized spacial score (nSPS) is 23.4. The third-order valence-corrected chi connectivity index (χ3v) is 5.33. The van der Waals surface area contributed by atoms with Crippen molar-refractivity contribution in [1.29, 1.82) is 0 Å². The zero-order valence-electron chi connectivity index (χ0n) is 12.3. The molecule has 0 amide bonds. The van der Waals surface area contributed by atoms with Crippen molar-refractivity contribution in [3.63, 3.8) is 0 Å². The van der Waals surface area contributed by atoms with E-state index in [1.807, 2.05) is 0 Å². The fourth-order valence-electron chi connectivity index (χ4n) is 2.67. The van der Waals surface area contributed by atoms with Crippen molar-refractivity contribution in [3.8, 4) is 0 Å². The summed E-state index contributed by atoms with van der Waals surface area (Å²) in [4.78, 5) is 0. The smallest absolute Gasteiger partial charge is 0.279 e. The lowest BCUT2D eigenvalue weighted by Gasteiger charge is -2.30. The monoisotopic (exact) mass is 291 g/mol. The molecule has 1 rings (SSSR count). The molecule has 1 aliphatic heterocycles. The van der Waals surface area contributed by atoms with Crippen LogP contribution in [0.4, 0.5) is 0 Å². The second kappa shape index (κ2) is 8.19. The molecule has 0 bridgehead atoms. The van der Waals surface area contributed by atoms with E-state index in [0.717, 1.165) is 32.1 Å². The number of nitrogens with zero attached hydrogens (tertiary/aromatic N) is 1. The average Bonchev–Trinajstić information content (AvgIpc) is 2.37. The van der Waals surface area contributed by atoms with Crippen LogP contribution in [0.5, 0.6) is 0 Å². The van der Waals surface area contributed by atoms with Gasteiger partial charge in [0.2, 0.25) is 0 Å². The Balaban J connectivity index is 2.48. The van der Waals surface area contributed by atoms with E-state index in [1.54, 1.807) is 4.31 Å². The Labute approximate surface area is 118 Å². The van der Waals surface area contributed by atoms with Crippen LogP contribution in [0.2, 0.25) is 0 Å². The molecule has 1 aliphatic rings. The van der Waals surface area contributed by atoms with E-state index >= 15 is 0 Å². The SMILES string of the molecule is CCCC(CCN)CNS(=O)(=O)N1CCCC(C)C1. The molecule has 0 spiro atoms. The predicted molar refractivity (Wildman–Crippen MR) is 79.0 cm³/mol. The first-order valence-corrected chi connectivity index (χ1v) is 8.88. The molecule has 0 aromatic rings. The van der Waals surface area contributed by atoms with Crippen molar-refractivity contribution in [3.05, 3.63) is 0 Å². The van der Waals surface area contributed by atoms with Crippen LogP contribution in [-0.4, -0.2) is 38.9 Å². The van der Waals surface area contributed by atoms with Gasteiger partial charge in [0.1, 0.15) is 0 Å². The lowest BCUT2D eigenvalue weighted by Crippen LogP contribution is -2.46. The summed E-state index contributed by atoms with van der Waals surface area (Å²) < 4.78 is 28.8. The zero-order chi connectivity index (χ0) is 14.3. The Morgan fingerprint density at radius 3 is 2.74 bits per heavy atom. The largest absolute Gasteiger partial charge is 0.330 e. The van der Waals surface area contributed by atoms with E-state index in [-0.39, 0.29) is 0 Å². The molecular formula is C13H29N3O2S. The lowest BCUT2D eigenvalue weighted by atomic mass is 10.0. The minimum absolute atomic E-state index is 0.354. The molecule has 0 radical (unpaired) electrons. The Hall–Kier alpha value is -0.170. The van der Waals surface area contributed by atoms with Crippen LogP contribution in [0.25, 0.3) is 0 Å². The van der Waals surface area contributed by atoms with Gasteiger partial charge >= 0.3 is 0 Å². The highest BCUT2D eigenvalue weighted by atomic mass is 32.2. The van der Waals surface area contributed by atoms with Crippen molar-refractivity contribution in [2.75, 3.05) is 26.2 Å². The maximum atomic E-state index is 12.2. The Kier molecular flexibility index (Phi) is 7.28. The molecule has 0 aliphatic carbocycles. The Bertz CT molecular complexity index is 340. The van der Waals surface area contributed by atoms with Crippen LogP contribution >= 0.6 is 0 Å². The minimum atomic E-state index is -3.31. The number of rotatable bonds is 8. The summed E-state index contributed by atoms with van der Waals surface area (Å²) >= 11 is 0. The fraction of sp³-hybridized carbons (Fsp3) is 1.00. The molecule has 0 aromatic carbocycles. The number of nitrogens with one attached hydrogen (secondary N) is 1. The van der Waals surface area contributed by atoms with Gasteiger partial charge in [0, 0.05) is 19.6 Å². The van der Waals surface area contributed by atoms with Gasteiger partial charge in [-0.15, -0.1) is 0 Å². The van der Waals surface area contributed by atoms with Gasteiger partial charge in [0.15, 0.2) is 0 Å². The fourth-order valence-corrected chi connectivity index (χ4v) is 4.12. The average molecular weight is 291 g/mol. The van der Waals surface area contributed by atoms with Gasteiger partial charge in [-0.1, -0.05) is 20.3 Å². The molecule has 2 atom stereocenters. The predicted octanol–water partition coefficient (Wildman–Crippen LogP) is 1.32. The summed E-state index contributed by atoms with van der Waals surface area (Å²) in [7, 11) is -3.31. The van der Waals surface area contributed by atoms with Crippen molar-refractivity contribution < 1.29 is 8.42 Å². The summed E-state index contributed by atoms with van der Waals surface area (Å²) in [5, 5.41) is 0. The van der Waals surface area contributed by atoms with E-state index in [0.29, 0.717) is 38.0 Å². The topological polar surface area (TPSA) is 75.4 Å². The molecule has 6 heteroatoms. The van der Waals surface area contributed by atoms with Crippen LogP contribution in [0.3, 0.4) is 0 Å². The molecule has 1 fully saturated rings. The van der Waals surface area contributed by atoms with E-state index in [4.69, 9.17) is 5.73 Å². The highest BCUT2D eigenvalue weighted by Gasteiger charge is 2.27. The number of piperidine rings is 1. The summed E-state index contributed by atoms with van der Waals surface area (Å²) in [6, 6.07) is 0. The molecule has 114 valence electrons. The van der Waals surface area contributed by atoms with Gasteiger partial charge in [-0.25, -0.2) is 4.72 Å². The summed E-state index contributed by atoms with van der Waals surface area (Å²) in [5.74, 6) is 0.813. The van der Waals surface area contributed by atoms with Gasteiger partial charge in [0.05, 0.1) is 0 Å². The highest BCUT2D eigenvalue weighted by Crippen LogP contribution is 2.18. The van der Waals surface area contributed by atoms with Crippen LogP contribution in [-0.2, 0) is 10.2 Å². The maximum Gasteiger partial charge on any atom is 0.279 e. The van der Waals surface area contributed by atoms with Gasteiger partial charge in [0.25, 0.3) is 10.2 Å². The number of hydrogen-bond acceptors (Lipinski definition) is 3. The lowest BCUT2D eigenvalue weighted by molar-refractivity contribution is 0.277. The second-order valence-corrected chi connectivity index (χ2v) is 7.45. The second-order valence-electron chi connectivity index (χ2n) is 5.69. The molecule has 2 unspecified atom stereocenters. The molecular weight excluding hydrogens is 262 g/mol. The Morgan fingerprint density at radius 1 is 1.42 bits per heavy atom. The third-order valence-electron chi connectivity index (χ3n) is 3.79. The first kappa shape index (κ1) is 16.9.